The Bertz CT molecular complexity index is 1130. The molecule has 4 rings (SSSR count). The van der Waals surface area contributed by atoms with Crippen LogP contribution in [0.15, 0.2) is 53.3 Å². The van der Waals surface area contributed by atoms with Crippen molar-refractivity contribution in [1.29, 1.82) is 0 Å². The predicted octanol–water partition coefficient (Wildman–Crippen LogP) is 4.81. The molecule has 30 heavy (non-hydrogen) atoms. The van der Waals surface area contributed by atoms with Gasteiger partial charge in [-0.2, -0.15) is 5.10 Å². The number of fused-ring (bicyclic) bond motifs is 1. The normalized spacial score (nSPS) is 20.9. The van der Waals surface area contributed by atoms with Gasteiger partial charge in [-0.3, -0.25) is 0 Å². The van der Waals surface area contributed by atoms with Crippen molar-refractivity contribution in [2.75, 3.05) is 18.4 Å². The van der Waals surface area contributed by atoms with Gasteiger partial charge in [0.2, 0.25) is 5.69 Å². The molecule has 1 N–H and O–H groups in total. The smallest absolute Gasteiger partial charge is 0.410 e. The first kappa shape index (κ1) is 20.2. The monoisotopic (exact) mass is 471 g/mol. The van der Waals surface area contributed by atoms with Gasteiger partial charge in [-0.15, -0.1) is 0 Å². The molecule has 1 fully saturated rings. The van der Waals surface area contributed by atoms with Crippen molar-refractivity contribution >= 4 is 38.9 Å². The molecule has 0 unspecified atom stereocenters. The molecule has 2 aromatic heterocycles. The van der Waals surface area contributed by atoms with Crippen LogP contribution in [0.4, 0.5) is 20.6 Å². The molecule has 9 heteroatoms. The highest BCUT2D eigenvalue weighted by molar-refractivity contribution is 9.10. The zero-order valence-electron chi connectivity index (χ0n) is 16.2. The Morgan fingerprint density at radius 3 is 2.97 bits per heavy atom. The summed E-state index contributed by atoms with van der Waals surface area (Å²) in [7, 11) is 0. The Balaban J connectivity index is 1.51. The zero-order valence-corrected chi connectivity index (χ0v) is 17.8. The lowest BCUT2D eigenvalue weighted by Crippen LogP contribution is -2.39. The van der Waals surface area contributed by atoms with E-state index in [2.05, 4.69) is 31.2 Å². The molecule has 1 amide bonds. The average Bonchev–Trinajstić information content (AvgIpc) is 3.25. The van der Waals surface area contributed by atoms with Gasteiger partial charge in [0.05, 0.1) is 36.6 Å². The molecule has 0 radical (unpaired) electrons. The van der Waals surface area contributed by atoms with E-state index >= 15 is 4.39 Å². The summed E-state index contributed by atoms with van der Waals surface area (Å²) in [5, 5.41) is 7.34. The molecule has 1 aromatic carbocycles. The number of aromatic nitrogens is 2. The molecule has 0 bridgehead atoms. The van der Waals surface area contributed by atoms with E-state index in [1.807, 2.05) is 30.3 Å². The van der Waals surface area contributed by atoms with E-state index in [-0.39, 0.29) is 25.4 Å². The fourth-order valence-corrected chi connectivity index (χ4v) is 3.94. The molecule has 1 saturated heterocycles. The van der Waals surface area contributed by atoms with E-state index in [0.29, 0.717) is 11.2 Å². The number of alkyl halides is 1. The number of hydrogen-bond acceptors (Lipinski definition) is 4. The second-order valence-corrected chi connectivity index (χ2v) is 8.32. The minimum atomic E-state index is -1.70. The Labute approximate surface area is 181 Å². The molecular formula is C21H19BrFN5O2. The standard InChI is InChI=1S/C21H19BrFN5O2/c1-21(23)13-27(20(29)30-12-14-6-4-3-5-7-14)11-18(21)26-19-16(24-2)9-25-28-10-15(22)8-17(19)28/h3-10,18,26H,11-13H2,1H3/t18-,21+/m1/s1. The van der Waals surface area contributed by atoms with E-state index in [0.717, 1.165) is 10.0 Å². The quantitative estimate of drug-likeness (QED) is 0.554. The van der Waals surface area contributed by atoms with Crippen molar-refractivity contribution in [1.82, 2.24) is 14.5 Å². The fraction of sp³-hybridized carbons (Fsp3) is 0.286. The molecule has 1 aliphatic rings. The molecule has 0 spiro atoms. The van der Waals surface area contributed by atoms with E-state index in [1.165, 1.54) is 18.0 Å². The Morgan fingerprint density at radius 1 is 1.47 bits per heavy atom. The summed E-state index contributed by atoms with van der Waals surface area (Å²) in [5.41, 5.74) is 0.585. The molecule has 2 atom stereocenters. The summed E-state index contributed by atoms with van der Waals surface area (Å²) in [6, 6.07) is 10.4. The third-order valence-electron chi connectivity index (χ3n) is 5.12. The molecule has 154 valence electrons. The van der Waals surface area contributed by atoms with Gasteiger partial charge in [0, 0.05) is 17.2 Å². The topological polar surface area (TPSA) is 63.2 Å². The predicted molar refractivity (Wildman–Crippen MR) is 114 cm³/mol. The largest absolute Gasteiger partial charge is 0.445 e. The van der Waals surface area contributed by atoms with Gasteiger partial charge in [0.15, 0.2) is 0 Å². The first-order valence-electron chi connectivity index (χ1n) is 9.33. The van der Waals surface area contributed by atoms with E-state index in [1.54, 1.807) is 16.8 Å². The number of anilines is 1. The van der Waals surface area contributed by atoms with E-state index in [9.17, 15) is 4.79 Å². The highest BCUT2D eigenvalue weighted by Crippen LogP contribution is 2.35. The number of hydrogen-bond donors (Lipinski definition) is 1. The number of carbonyl (C=O) groups is 1. The first-order valence-corrected chi connectivity index (χ1v) is 10.1. The molecule has 7 nitrogen and oxygen atoms in total. The fourth-order valence-electron chi connectivity index (χ4n) is 3.53. The maximum Gasteiger partial charge on any atom is 0.410 e. The van der Waals surface area contributed by atoms with Gasteiger partial charge in [-0.05, 0) is 34.5 Å². The van der Waals surface area contributed by atoms with Crippen molar-refractivity contribution in [2.45, 2.75) is 25.2 Å². The van der Waals surface area contributed by atoms with Gasteiger partial charge >= 0.3 is 6.09 Å². The summed E-state index contributed by atoms with van der Waals surface area (Å²) < 4.78 is 23.1. The molecule has 1 aliphatic heterocycles. The van der Waals surface area contributed by atoms with Crippen LogP contribution in [0.25, 0.3) is 10.4 Å². The third kappa shape index (κ3) is 3.96. The number of nitrogens with zero attached hydrogens (tertiary/aromatic N) is 4. The number of amides is 1. The summed E-state index contributed by atoms with van der Waals surface area (Å²) in [4.78, 5) is 17.3. The average molecular weight is 472 g/mol. The molecular weight excluding hydrogens is 453 g/mol. The summed E-state index contributed by atoms with van der Waals surface area (Å²) in [6.07, 6.45) is 2.62. The lowest BCUT2D eigenvalue weighted by atomic mass is 10.0. The number of likely N-dealkylation sites (tertiary alicyclic amines) is 1. The van der Waals surface area contributed by atoms with Crippen LogP contribution in [0.3, 0.4) is 0 Å². The minimum absolute atomic E-state index is 0.0995. The number of benzene rings is 1. The maximum atomic E-state index is 15.4. The van der Waals surface area contributed by atoms with Gasteiger partial charge in [0.1, 0.15) is 12.3 Å². The minimum Gasteiger partial charge on any atom is -0.445 e. The van der Waals surface area contributed by atoms with Gasteiger partial charge < -0.3 is 15.0 Å². The molecule has 3 heterocycles. The van der Waals surface area contributed by atoms with Crippen LogP contribution in [0.5, 0.6) is 0 Å². The van der Waals surface area contributed by atoms with E-state index < -0.39 is 17.8 Å². The summed E-state index contributed by atoms with van der Waals surface area (Å²) >= 11 is 3.40. The van der Waals surface area contributed by atoms with Crippen LogP contribution in [0, 0.1) is 6.57 Å². The third-order valence-corrected chi connectivity index (χ3v) is 5.55. The Morgan fingerprint density at radius 2 is 2.23 bits per heavy atom. The SMILES string of the molecule is [C-]#[N+]c1cnn2cc(Br)cc2c1N[C@@H]1CN(C(=O)OCc2ccccc2)C[C@]1(C)F. The van der Waals surface area contributed by atoms with Crippen LogP contribution < -0.4 is 5.32 Å². The number of carbonyl (C=O) groups excluding carboxylic acids is 1. The number of nitrogens with one attached hydrogen (secondary N) is 1. The van der Waals surface area contributed by atoms with Gasteiger partial charge in [-0.25, -0.2) is 18.5 Å². The van der Waals surface area contributed by atoms with Crippen LogP contribution >= 0.6 is 15.9 Å². The van der Waals surface area contributed by atoms with Gasteiger partial charge in [0.25, 0.3) is 0 Å². The number of rotatable bonds is 4. The molecule has 0 aliphatic carbocycles. The second kappa shape index (κ2) is 7.95. The zero-order chi connectivity index (χ0) is 21.3. The first-order chi connectivity index (χ1) is 14.4. The molecule has 3 aromatic rings. The Kier molecular flexibility index (Phi) is 5.35. The van der Waals surface area contributed by atoms with Crippen molar-refractivity contribution < 1.29 is 13.9 Å². The number of halogens is 2. The van der Waals surface area contributed by atoms with Crippen LogP contribution in [0.2, 0.25) is 0 Å². The van der Waals surface area contributed by atoms with Crippen LogP contribution in [-0.4, -0.2) is 45.4 Å². The summed E-state index contributed by atoms with van der Waals surface area (Å²) in [6.45, 7) is 9.02. The lowest BCUT2D eigenvalue weighted by molar-refractivity contribution is 0.0963. The maximum absolute atomic E-state index is 15.4. The van der Waals surface area contributed by atoms with Crippen molar-refractivity contribution in [3.63, 3.8) is 0 Å². The lowest BCUT2D eigenvalue weighted by Gasteiger charge is -2.24. The highest BCUT2D eigenvalue weighted by Gasteiger charge is 2.46. The van der Waals surface area contributed by atoms with Crippen molar-refractivity contribution in [3.05, 3.63) is 70.2 Å². The van der Waals surface area contributed by atoms with Crippen LogP contribution in [-0.2, 0) is 11.3 Å². The van der Waals surface area contributed by atoms with Crippen molar-refractivity contribution in [3.8, 4) is 0 Å². The van der Waals surface area contributed by atoms with E-state index in [4.69, 9.17) is 11.3 Å². The van der Waals surface area contributed by atoms with Gasteiger partial charge in [-0.1, -0.05) is 30.3 Å². The molecule has 0 saturated carbocycles. The van der Waals surface area contributed by atoms with Crippen molar-refractivity contribution in [2.24, 2.45) is 0 Å². The number of ether oxygens (including phenoxy) is 1. The Hall–Kier alpha value is -3.12. The highest BCUT2D eigenvalue weighted by atomic mass is 79.9. The van der Waals surface area contributed by atoms with Crippen LogP contribution in [0.1, 0.15) is 12.5 Å². The summed E-state index contributed by atoms with van der Waals surface area (Å²) in [5.74, 6) is 0. The second-order valence-electron chi connectivity index (χ2n) is 7.40.